The van der Waals surface area contributed by atoms with Crippen LogP contribution in [0, 0.1) is 6.33 Å². The Balaban J connectivity index is 1.30. The standard InChI is InChI=1S/C42H33N7/c1-42(2,3)27-20-21-43-40(22-27)48-33-16-7-5-14-30(33)31-24-38-39(25-37(31)48)47(41-44-32-15-6-8-17-34(32)49(38)41)29-13-11-12-28(23-29)46-26-45(4)35-18-9-10-19-36(35)46/h5-25H,1-4H3/i4D3. The van der Waals surface area contributed by atoms with E-state index >= 15 is 0 Å². The summed E-state index contributed by atoms with van der Waals surface area (Å²) in [5, 5.41) is 2.27. The number of rotatable bonds is 3. The number of hydrogen-bond acceptors (Lipinski definition) is 2. The molecule has 0 amide bonds. The summed E-state index contributed by atoms with van der Waals surface area (Å²) in [6.07, 6.45) is 5.03. The minimum Gasteiger partial charge on any atom is -0.319 e. The first-order chi connectivity index (χ1) is 25.1. The molecule has 0 saturated heterocycles. The predicted octanol–water partition coefficient (Wildman–Crippen LogP) is 8.79. The highest BCUT2D eigenvalue weighted by atomic mass is 15.2. The van der Waals surface area contributed by atoms with E-state index < -0.39 is 6.98 Å². The minimum absolute atomic E-state index is 0.0407. The van der Waals surface area contributed by atoms with E-state index in [-0.39, 0.29) is 5.41 Å². The van der Waals surface area contributed by atoms with Crippen LogP contribution in [-0.4, -0.2) is 28.1 Å². The largest absolute Gasteiger partial charge is 0.319 e. The van der Waals surface area contributed by atoms with Gasteiger partial charge in [0.1, 0.15) is 5.82 Å². The van der Waals surface area contributed by atoms with Crippen LogP contribution in [0.4, 0.5) is 0 Å². The molecule has 0 atom stereocenters. The maximum atomic E-state index is 8.18. The highest BCUT2D eigenvalue weighted by Gasteiger charge is 2.22. The van der Waals surface area contributed by atoms with Crippen molar-refractivity contribution < 1.29 is 8.68 Å². The van der Waals surface area contributed by atoms with Gasteiger partial charge in [-0.1, -0.05) is 87.5 Å². The maximum absolute atomic E-state index is 8.18. The molecule has 0 spiro atoms. The molecule has 0 aliphatic heterocycles. The van der Waals surface area contributed by atoms with Crippen molar-refractivity contribution >= 4 is 60.7 Å². The third-order valence-corrected chi connectivity index (χ3v) is 9.74. The zero-order chi connectivity index (χ0) is 35.5. The number of fused-ring (bicyclic) bond motifs is 9. The van der Waals surface area contributed by atoms with Crippen molar-refractivity contribution in [3.63, 3.8) is 0 Å². The number of pyridine rings is 1. The number of aryl methyl sites for hydroxylation is 1. The van der Waals surface area contributed by atoms with Crippen LogP contribution >= 0.6 is 0 Å². The zero-order valence-electron chi connectivity index (χ0n) is 30.3. The van der Waals surface area contributed by atoms with Crippen molar-refractivity contribution in [1.82, 2.24) is 28.1 Å². The second kappa shape index (κ2) is 9.90. The molecule has 49 heavy (non-hydrogen) atoms. The lowest BCUT2D eigenvalue weighted by molar-refractivity contribution is -0.649. The monoisotopic (exact) mass is 638 g/mol. The Morgan fingerprint density at radius 2 is 1.43 bits per heavy atom. The Hall–Kier alpha value is -6.21. The minimum atomic E-state index is -2.38. The van der Waals surface area contributed by atoms with Crippen molar-refractivity contribution in [2.24, 2.45) is 6.98 Å². The number of imidazole rings is 3. The fraction of sp³-hybridized carbons (Fsp3) is 0.119. The lowest BCUT2D eigenvalue weighted by Crippen LogP contribution is -2.26. The zero-order valence-corrected chi connectivity index (χ0v) is 27.3. The molecule has 0 aliphatic carbocycles. The third kappa shape index (κ3) is 3.99. The van der Waals surface area contributed by atoms with Gasteiger partial charge in [-0.05, 0) is 65.6 Å². The van der Waals surface area contributed by atoms with E-state index in [4.69, 9.17) is 14.1 Å². The lowest BCUT2D eigenvalue weighted by Gasteiger charge is -2.20. The van der Waals surface area contributed by atoms with Gasteiger partial charge < -0.3 is 9.13 Å². The van der Waals surface area contributed by atoms with E-state index in [1.807, 2.05) is 65.4 Å². The topological polar surface area (TPSA) is 48.9 Å². The van der Waals surface area contributed by atoms with Crippen LogP contribution in [0.2, 0.25) is 0 Å². The molecule has 10 aromatic rings. The van der Waals surface area contributed by atoms with Gasteiger partial charge in [0.25, 0.3) is 0 Å². The van der Waals surface area contributed by atoms with Gasteiger partial charge in [-0.3, -0.25) is 13.5 Å². The van der Waals surface area contributed by atoms with Crippen LogP contribution in [0.25, 0.3) is 77.9 Å². The Kier molecular flexibility index (Phi) is 5.03. The molecule has 5 heterocycles. The Bertz CT molecular complexity index is 3060. The number of para-hydroxylation sites is 5. The molecule has 7 heteroatoms. The summed E-state index contributed by atoms with van der Waals surface area (Å²) in [6, 6.07) is 41.2. The van der Waals surface area contributed by atoms with E-state index in [0.29, 0.717) is 5.52 Å². The highest BCUT2D eigenvalue weighted by molar-refractivity contribution is 6.13. The summed E-state index contributed by atoms with van der Waals surface area (Å²) < 4.78 is 34.3. The quantitative estimate of drug-likeness (QED) is 0.144. The molecule has 7 nitrogen and oxygen atoms in total. The summed E-state index contributed by atoms with van der Waals surface area (Å²) in [4.78, 5) is 10.1. The van der Waals surface area contributed by atoms with E-state index in [0.717, 1.165) is 72.4 Å². The molecule has 10 rings (SSSR count). The Labute approximate surface area is 286 Å². The van der Waals surface area contributed by atoms with Gasteiger partial charge in [0.15, 0.2) is 0 Å². The summed E-state index contributed by atoms with van der Waals surface area (Å²) in [5.74, 6) is 1.65. The summed E-state index contributed by atoms with van der Waals surface area (Å²) >= 11 is 0. The average Bonchev–Trinajstić information content (AvgIpc) is 3.87. The molecule has 0 bridgehead atoms. The first-order valence-corrected chi connectivity index (χ1v) is 16.4. The molecule has 0 aliphatic rings. The molecule has 236 valence electrons. The summed E-state index contributed by atoms with van der Waals surface area (Å²) in [6.45, 7) is 4.28. The molecule has 0 fully saturated rings. The second-order valence-corrected chi connectivity index (χ2v) is 13.7. The van der Waals surface area contributed by atoms with Crippen molar-refractivity contribution in [1.29, 1.82) is 0 Å². The van der Waals surface area contributed by atoms with Gasteiger partial charge >= 0.3 is 0 Å². The number of hydrogen-bond donors (Lipinski definition) is 0. The van der Waals surface area contributed by atoms with Gasteiger partial charge in [0.2, 0.25) is 12.1 Å². The van der Waals surface area contributed by atoms with Gasteiger partial charge in [-0.2, -0.15) is 0 Å². The molecule has 0 radical (unpaired) electrons. The molecular weight excluding hydrogens is 603 g/mol. The van der Waals surface area contributed by atoms with Gasteiger partial charge in [-0.15, -0.1) is 0 Å². The summed E-state index contributed by atoms with van der Waals surface area (Å²) in [5.41, 5.74) is 10.2. The number of aromatic nitrogens is 7. The van der Waals surface area contributed by atoms with Crippen molar-refractivity contribution in [3.05, 3.63) is 139 Å². The molecule has 0 saturated carbocycles. The van der Waals surface area contributed by atoms with Crippen LogP contribution < -0.4 is 4.57 Å². The van der Waals surface area contributed by atoms with Gasteiger partial charge in [-0.25, -0.2) is 9.97 Å². The van der Waals surface area contributed by atoms with Crippen molar-refractivity contribution in [2.45, 2.75) is 26.2 Å². The van der Waals surface area contributed by atoms with E-state index in [1.165, 1.54) is 10.1 Å². The van der Waals surface area contributed by atoms with Crippen LogP contribution in [0.3, 0.4) is 0 Å². The molecule has 5 aromatic heterocycles. The number of benzene rings is 5. The van der Waals surface area contributed by atoms with Crippen LogP contribution in [0.15, 0.2) is 128 Å². The van der Waals surface area contributed by atoms with Crippen LogP contribution in [0.5, 0.6) is 0 Å². The number of nitrogens with zero attached hydrogens (tertiary/aromatic N) is 7. The highest BCUT2D eigenvalue weighted by Crippen LogP contribution is 2.38. The SMILES string of the molecule is [2H]C([2H])([2H])[n+]1[c-]n(-c2cccc(-n3c4cc5c(cc4n4c6ccccc6nc34)c3ccccc3n5-c3cc(C(C)(C)C)ccn3)c2)c2ccccc21. The van der Waals surface area contributed by atoms with E-state index in [1.54, 1.807) is 0 Å². The average molecular weight is 639 g/mol. The third-order valence-electron chi connectivity index (χ3n) is 9.74. The normalized spacial score (nSPS) is 13.7. The van der Waals surface area contributed by atoms with Crippen molar-refractivity contribution in [3.8, 4) is 17.2 Å². The summed E-state index contributed by atoms with van der Waals surface area (Å²) in [7, 11) is 0. The Morgan fingerprint density at radius 1 is 0.653 bits per heavy atom. The van der Waals surface area contributed by atoms with Gasteiger partial charge in [0, 0.05) is 22.7 Å². The van der Waals surface area contributed by atoms with Gasteiger partial charge in [0.05, 0.1) is 60.9 Å². The van der Waals surface area contributed by atoms with Crippen molar-refractivity contribution in [2.75, 3.05) is 0 Å². The maximum Gasteiger partial charge on any atom is 0.244 e. The lowest BCUT2D eigenvalue weighted by atomic mass is 9.88. The van der Waals surface area contributed by atoms with E-state index in [2.05, 4.69) is 107 Å². The predicted molar refractivity (Wildman–Crippen MR) is 197 cm³/mol. The first-order valence-electron chi connectivity index (χ1n) is 17.9. The Morgan fingerprint density at radius 3 is 2.29 bits per heavy atom. The molecule has 0 N–H and O–H groups in total. The molecule has 0 unspecified atom stereocenters. The van der Waals surface area contributed by atoms with Crippen LogP contribution in [0.1, 0.15) is 30.4 Å². The smallest absolute Gasteiger partial charge is 0.244 e. The van der Waals surface area contributed by atoms with E-state index in [9.17, 15) is 0 Å². The first kappa shape index (κ1) is 24.9. The van der Waals surface area contributed by atoms with Crippen LogP contribution in [-0.2, 0) is 12.4 Å². The fourth-order valence-electron chi connectivity index (χ4n) is 7.39. The second-order valence-electron chi connectivity index (χ2n) is 13.7. The molecular formula is C42H33N7. The fourth-order valence-corrected chi connectivity index (χ4v) is 7.39. The molecule has 5 aromatic carbocycles.